The molecule has 0 aliphatic heterocycles. The Kier molecular flexibility index (Phi) is 6.91. The monoisotopic (exact) mass is 420 g/mol. The molecule has 6 heteroatoms. The Balaban J connectivity index is 2.00. The molecule has 1 aromatic carbocycles. The van der Waals surface area contributed by atoms with Crippen molar-refractivity contribution >= 4 is 33.9 Å². The van der Waals surface area contributed by atoms with Gasteiger partial charge in [-0.3, -0.25) is 0 Å². The number of hydrogen-bond donors (Lipinski definition) is 4. The number of benzene rings is 1. The maximum Gasteiger partial charge on any atom is 0.145 e. The van der Waals surface area contributed by atoms with Crippen LogP contribution in [0.4, 0.5) is 17.3 Å². The number of nitrogens with two attached hydrogens (primary N) is 1. The lowest BCUT2D eigenvalue weighted by molar-refractivity contribution is 0.413. The Morgan fingerprint density at radius 1 is 1.16 bits per heavy atom. The van der Waals surface area contributed by atoms with Crippen molar-refractivity contribution < 1.29 is 0 Å². The highest BCUT2D eigenvalue weighted by molar-refractivity contribution is 5.95. The van der Waals surface area contributed by atoms with Crippen molar-refractivity contribution in [1.29, 1.82) is 0 Å². The molecule has 0 fully saturated rings. The van der Waals surface area contributed by atoms with Crippen LogP contribution in [0, 0.1) is 19.8 Å². The van der Waals surface area contributed by atoms with Gasteiger partial charge in [0.1, 0.15) is 11.6 Å². The Bertz CT molecular complexity index is 1080. The number of aromatic nitrogens is 2. The van der Waals surface area contributed by atoms with Crippen LogP contribution in [-0.4, -0.2) is 15.6 Å². The summed E-state index contributed by atoms with van der Waals surface area (Å²) in [5.41, 5.74) is 18.6. The number of aryl methyl sites for hydroxylation is 3. The molecule has 0 radical (unpaired) electrons. The summed E-state index contributed by atoms with van der Waals surface area (Å²) < 4.78 is 2.31. The highest BCUT2D eigenvalue weighted by atomic mass is 15.4. The molecule has 6 nitrogen and oxygen atoms in total. The van der Waals surface area contributed by atoms with Crippen LogP contribution in [0.5, 0.6) is 0 Å². The van der Waals surface area contributed by atoms with E-state index in [1.807, 2.05) is 13.0 Å². The second kappa shape index (κ2) is 9.43. The quantitative estimate of drug-likeness (QED) is 0.334. The van der Waals surface area contributed by atoms with Crippen molar-refractivity contribution in [1.82, 2.24) is 15.0 Å². The minimum absolute atomic E-state index is 0.354. The minimum atomic E-state index is 0.354. The van der Waals surface area contributed by atoms with E-state index in [9.17, 15) is 0 Å². The lowest BCUT2D eigenvalue weighted by atomic mass is 10.0. The Morgan fingerprint density at radius 3 is 2.52 bits per heavy atom. The first-order valence-corrected chi connectivity index (χ1v) is 11.1. The standard InChI is InChI=1S/C25H36N6/c1-8-21(15(3)4)29-30-24-16(5)13-19(18(7)26)25(28-24)27-22-11-10-12-23-20(22)14-17(6)31(23)9-2/h10-15,21,29H,7-9,26H2,1-6H3,(H2,27,28,30). The molecular formula is C25H36N6. The summed E-state index contributed by atoms with van der Waals surface area (Å²) in [6.07, 6.45) is 1.03. The zero-order chi connectivity index (χ0) is 22.7. The predicted octanol–water partition coefficient (Wildman–Crippen LogP) is 5.70. The van der Waals surface area contributed by atoms with Crippen LogP contribution in [0.25, 0.3) is 16.6 Å². The van der Waals surface area contributed by atoms with E-state index in [0.29, 0.717) is 23.5 Å². The van der Waals surface area contributed by atoms with Gasteiger partial charge >= 0.3 is 0 Å². The van der Waals surface area contributed by atoms with Gasteiger partial charge in [0, 0.05) is 40.6 Å². The molecule has 2 heterocycles. The van der Waals surface area contributed by atoms with Gasteiger partial charge < -0.3 is 21.0 Å². The lowest BCUT2D eigenvalue weighted by Crippen LogP contribution is -2.38. The molecule has 1 unspecified atom stereocenters. The van der Waals surface area contributed by atoms with Crippen LogP contribution in [0.2, 0.25) is 0 Å². The van der Waals surface area contributed by atoms with Crippen molar-refractivity contribution in [3.8, 4) is 0 Å². The van der Waals surface area contributed by atoms with Crippen LogP contribution in [-0.2, 0) is 6.54 Å². The van der Waals surface area contributed by atoms with Crippen LogP contribution in [0.3, 0.4) is 0 Å². The van der Waals surface area contributed by atoms with Gasteiger partial charge in [0.25, 0.3) is 0 Å². The summed E-state index contributed by atoms with van der Waals surface area (Å²) in [6.45, 7) is 17.8. The second-order valence-corrected chi connectivity index (χ2v) is 8.50. The Morgan fingerprint density at radius 2 is 1.90 bits per heavy atom. The first-order chi connectivity index (χ1) is 14.8. The summed E-state index contributed by atoms with van der Waals surface area (Å²) >= 11 is 0. The molecule has 0 aliphatic carbocycles. The molecule has 0 saturated carbocycles. The molecule has 0 bridgehead atoms. The molecule has 3 rings (SSSR count). The van der Waals surface area contributed by atoms with Crippen molar-refractivity contribution in [2.24, 2.45) is 11.7 Å². The largest absolute Gasteiger partial charge is 0.399 e. The van der Waals surface area contributed by atoms with Crippen molar-refractivity contribution in [3.05, 3.63) is 53.7 Å². The van der Waals surface area contributed by atoms with Crippen LogP contribution < -0.4 is 21.9 Å². The SMILES string of the molecule is C=C(N)c1cc(C)c(NNC(CC)C(C)C)nc1Nc1cccc2c1cc(C)n2CC. The van der Waals surface area contributed by atoms with Crippen molar-refractivity contribution in [3.63, 3.8) is 0 Å². The fourth-order valence-electron chi connectivity index (χ4n) is 4.05. The average molecular weight is 421 g/mol. The van der Waals surface area contributed by atoms with Gasteiger partial charge in [-0.2, -0.15) is 0 Å². The van der Waals surface area contributed by atoms with Gasteiger partial charge in [-0.05, 0) is 62.9 Å². The van der Waals surface area contributed by atoms with E-state index in [1.165, 1.54) is 11.2 Å². The topological polar surface area (TPSA) is 79.9 Å². The van der Waals surface area contributed by atoms with Gasteiger partial charge in [-0.1, -0.05) is 33.4 Å². The van der Waals surface area contributed by atoms with E-state index >= 15 is 0 Å². The number of hydrogen-bond acceptors (Lipinski definition) is 5. The van der Waals surface area contributed by atoms with E-state index in [0.717, 1.165) is 41.0 Å². The van der Waals surface area contributed by atoms with Gasteiger partial charge in [0.2, 0.25) is 0 Å². The molecule has 166 valence electrons. The predicted molar refractivity (Wildman–Crippen MR) is 134 cm³/mol. The Hall–Kier alpha value is -2.99. The Labute approximate surface area is 185 Å². The number of hydrazine groups is 1. The van der Waals surface area contributed by atoms with Gasteiger partial charge in [0.15, 0.2) is 0 Å². The summed E-state index contributed by atoms with van der Waals surface area (Å²) in [7, 11) is 0. The van der Waals surface area contributed by atoms with Crippen LogP contribution in [0.1, 0.15) is 50.9 Å². The highest BCUT2D eigenvalue weighted by Crippen LogP contribution is 2.32. The molecule has 0 amide bonds. The van der Waals surface area contributed by atoms with Crippen LogP contribution in [0.15, 0.2) is 36.9 Å². The van der Waals surface area contributed by atoms with Gasteiger partial charge in [0.05, 0.1) is 5.52 Å². The average Bonchev–Trinajstić information content (AvgIpc) is 3.05. The van der Waals surface area contributed by atoms with E-state index in [4.69, 9.17) is 10.7 Å². The minimum Gasteiger partial charge on any atom is -0.399 e. The van der Waals surface area contributed by atoms with E-state index in [2.05, 4.69) is 86.2 Å². The third kappa shape index (κ3) is 4.69. The number of anilines is 3. The zero-order valence-corrected chi connectivity index (χ0v) is 19.6. The molecule has 0 aliphatic rings. The third-order valence-corrected chi connectivity index (χ3v) is 5.90. The van der Waals surface area contributed by atoms with Gasteiger partial charge in [-0.15, -0.1) is 0 Å². The van der Waals surface area contributed by atoms with E-state index in [1.54, 1.807) is 0 Å². The smallest absolute Gasteiger partial charge is 0.145 e. The summed E-state index contributed by atoms with van der Waals surface area (Å²) in [4.78, 5) is 4.88. The normalized spacial score (nSPS) is 12.4. The first kappa shape index (κ1) is 22.7. The molecule has 0 saturated heterocycles. The third-order valence-electron chi connectivity index (χ3n) is 5.90. The molecule has 2 aromatic heterocycles. The number of pyridine rings is 1. The molecule has 3 aromatic rings. The molecule has 1 atom stereocenters. The first-order valence-electron chi connectivity index (χ1n) is 11.1. The van der Waals surface area contributed by atoms with Crippen molar-refractivity contribution in [2.45, 2.75) is 60.5 Å². The highest BCUT2D eigenvalue weighted by Gasteiger charge is 2.16. The van der Waals surface area contributed by atoms with Gasteiger partial charge in [-0.25, -0.2) is 10.4 Å². The fourth-order valence-corrected chi connectivity index (χ4v) is 4.05. The number of nitrogens with one attached hydrogen (secondary N) is 3. The summed E-state index contributed by atoms with van der Waals surface area (Å²) in [6, 6.07) is 10.9. The zero-order valence-electron chi connectivity index (χ0n) is 19.6. The number of nitrogens with zero attached hydrogens (tertiary/aromatic N) is 2. The maximum absolute atomic E-state index is 6.12. The maximum atomic E-state index is 6.12. The molecule has 0 spiro atoms. The summed E-state index contributed by atoms with van der Waals surface area (Å²) in [5, 5.41) is 4.68. The van der Waals surface area contributed by atoms with Crippen molar-refractivity contribution in [2.75, 3.05) is 10.7 Å². The van der Waals surface area contributed by atoms with E-state index in [-0.39, 0.29) is 0 Å². The molecule has 5 N–H and O–H groups in total. The number of fused-ring (bicyclic) bond motifs is 1. The fraction of sp³-hybridized carbons (Fsp3) is 0.400. The van der Waals surface area contributed by atoms with E-state index < -0.39 is 0 Å². The summed E-state index contributed by atoms with van der Waals surface area (Å²) in [5.74, 6) is 1.98. The molecule has 31 heavy (non-hydrogen) atoms. The molecular weight excluding hydrogens is 384 g/mol. The van der Waals surface area contributed by atoms with Crippen LogP contribution >= 0.6 is 0 Å². The second-order valence-electron chi connectivity index (χ2n) is 8.50. The lowest BCUT2D eigenvalue weighted by Gasteiger charge is -2.23. The number of rotatable bonds is 9.